The molecule has 0 aliphatic rings. The first kappa shape index (κ1) is 9.77. The van der Waals surface area contributed by atoms with Crippen molar-refractivity contribution < 1.29 is 0 Å². The van der Waals surface area contributed by atoms with Gasteiger partial charge in [0.1, 0.15) is 0 Å². The molecular weight excluding hydrogens is 166 g/mol. The Labute approximate surface area is 77.2 Å². The van der Waals surface area contributed by atoms with Crippen LogP contribution in [0, 0.1) is 6.92 Å². The molecular formula is C9H15N3O. The molecule has 0 spiro atoms. The minimum atomic E-state index is -0.121. The van der Waals surface area contributed by atoms with Gasteiger partial charge in [-0.1, -0.05) is 13.3 Å². The number of nitrogens with two attached hydrogens (primary N) is 1. The third-order valence-electron chi connectivity index (χ3n) is 2.08. The van der Waals surface area contributed by atoms with Crippen molar-refractivity contribution in [3.05, 3.63) is 21.5 Å². The summed E-state index contributed by atoms with van der Waals surface area (Å²) < 4.78 is 0. The third-order valence-corrected chi connectivity index (χ3v) is 2.08. The Bertz CT molecular complexity index is 343. The van der Waals surface area contributed by atoms with Crippen molar-refractivity contribution >= 4 is 5.82 Å². The van der Waals surface area contributed by atoms with Crippen molar-refractivity contribution in [2.24, 2.45) is 0 Å². The van der Waals surface area contributed by atoms with Crippen LogP contribution in [0.2, 0.25) is 0 Å². The van der Waals surface area contributed by atoms with E-state index in [0.29, 0.717) is 0 Å². The number of unbranched alkanes of at least 4 members (excludes halogenated alkanes) is 1. The lowest BCUT2D eigenvalue weighted by Gasteiger charge is -2.03. The van der Waals surface area contributed by atoms with Crippen LogP contribution in [-0.2, 0) is 6.42 Å². The molecule has 0 aliphatic heterocycles. The summed E-state index contributed by atoms with van der Waals surface area (Å²) in [4.78, 5) is 11.5. The third kappa shape index (κ3) is 2.08. The fourth-order valence-corrected chi connectivity index (χ4v) is 1.24. The zero-order chi connectivity index (χ0) is 9.84. The molecule has 0 aromatic carbocycles. The molecule has 0 atom stereocenters. The Morgan fingerprint density at radius 1 is 1.54 bits per heavy atom. The van der Waals surface area contributed by atoms with E-state index in [1.54, 1.807) is 0 Å². The number of hydrogen-bond acceptors (Lipinski definition) is 3. The van der Waals surface area contributed by atoms with Crippen LogP contribution in [0.5, 0.6) is 0 Å². The van der Waals surface area contributed by atoms with E-state index in [1.165, 1.54) is 0 Å². The van der Waals surface area contributed by atoms with Crippen molar-refractivity contribution in [1.82, 2.24) is 10.2 Å². The highest BCUT2D eigenvalue weighted by atomic mass is 16.1. The second kappa shape index (κ2) is 4.07. The van der Waals surface area contributed by atoms with Gasteiger partial charge in [0.05, 0.1) is 0 Å². The predicted molar refractivity (Wildman–Crippen MR) is 52.6 cm³/mol. The molecule has 1 aromatic heterocycles. The molecule has 0 radical (unpaired) electrons. The Kier molecular flexibility index (Phi) is 3.06. The smallest absolute Gasteiger partial charge is 0.227 e. The van der Waals surface area contributed by atoms with Gasteiger partial charge in [0.25, 0.3) is 0 Å². The largest absolute Gasteiger partial charge is 0.379 e. The van der Waals surface area contributed by atoms with E-state index in [0.717, 1.165) is 30.5 Å². The zero-order valence-electron chi connectivity index (χ0n) is 8.05. The number of aromatic nitrogens is 2. The number of nitrogen functional groups attached to an aromatic ring is 1. The molecule has 1 heterocycles. The second-order valence-electron chi connectivity index (χ2n) is 3.15. The molecule has 0 amide bonds. The van der Waals surface area contributed by atoms with Gasteiger partial charge in [-0.05, 0) is 19.8 Å². The Morgan fingerprint density at radius 3 is 2.85 bits per heavy atom. The first-order valence-corrected chi connectivity index (χ1v) is 4.50. The lowest BCUT2D eigenvalue weighted by molar-refractivity contribution is 0.774. The van der Waals surface area contributed by atoms with Crippen LogP contribution in [0.1, 0.15) is 31.0 Å². The molecule has 0 aliphatic carbocycles. The monoisotopic (exact) mass is 181 g/mol. The van der Waals surface area contributed by atoms with Crippen LogP contribution in [-0.4, -0.2) is 10.2 Å². The highest BCUT2D eigenvalue weighted by Gasteiger charge is 2.06. The van der Waals surface area contributed by atoms with Gasteiger partial charge in [0.2, 0.25) is 5.43 Å². The van der Waals surface area contributed by atoms with Gasteiger partial charge in [-0.2, -0.15) is 5.10 Å². The molecule has 13 heavy (non-hydrogen) atoms. The van der Waals surface area contributed by atoms with E-state index in [2.05, 4.69) is 17.1 Å². The van der Waals surface area contributed by atoms with Crippen molar-refractivity contribution in [2.75, 3.05) is 5.73 Å². The van der Waals surface area contributed by atoms with E-state index < -0.39 is 0 Å². The van der Waals surface area contributed by atoms with Gasteiger partial charge in [-0.25, -0.2) is 0 Å². The summed E-state index contributed by atoms with van der Waals surface area (Å²) in [5.41, 5.74) is 6.88. The van der Waals surface area contributed by atoms with Crippen LogP contribution in [0.15, 0.2) is 4.79 Å². The maximum Gasteiger partial charge on any atom is 0.227 e. The second-order valence-corrected chi connectivity index (χ2v) is 3.15. The number of nitrogens with zero attached hydrogens (tertiary/aromatic N) is 1. The van der Waals surface area contributed by atoms with E-state index in [4.69, 9.17) is 5.73 Å². The summed E-state index contributed by atoms with van der Waals surface area (Å²) in [6.07, 6.45) is 2.86. The Hall–Kier alpha value is -1.32. The molecule has 0 unspecified atom stereocenters. The van der Waals surface area contributed by atoms with Crippen LogP contribution < -0.4 is 11.2 Å². The van der Waals surface area contributed by atoms with E-state index in [9.17, 15) is 4.79 Å². The molecule has 1 aromatic rings. The van der Waals surface area contributed by atoms with E-state index in [-0.39, 0.29) is 11.2 Å². The van der Waals surface area contributed by atoms with E-state index >= 15 is 0 Å². The lowest BCUT2D eigenvalue weighted by atomic mass is 10.1. The normalized spacial score (nSPS) is 10.3. The average Bonchev–Trinajstić information content (AvgIpc) is 2.12. The molecule has 0 saturated heterocycles. The summed E-state index contributed by atoms with van der Waals surface area (Å²) in [6.45, 7) is 3.94. The number of hydrogen-bond donors (Lipinski definition) is 2. The molecule has 0 bridgehead atoms. The van der Waals surface area contributed by atoms with E-state index in [1.807, 2.05) is 6.92 Å². The van der Waals surface area contributed by atoms with Crippen molar-refractivity contribution in [3.8, 4) is 0 Å². The molecule has 4 nitrogen and oxygen atoms in total. The van der Waals surface area contributed by atoms with Gasteiger partial charge in [-0.3, -0.25) is 9.89 Å². The first-order chi connectivity index (χ1) is 6.16. The Balaban J connectivity index is 3.03. The molecule has 0 saturated carbocycles. The molecule has 0 fully saturated rings. The number of rotatable bonds is 3. The number of aromatic amines is 1. The summed E-state index contributed by atoms with van der Waals surface area (Å²) in [7, 11) is 0. The standard InChI is InChI=1S/C9H15N3O/c1-3-4-5-7-6(2)11-12-9(10)8(7)13/h3-5H2,1-2H3,(H2,10,12)(H,11,13). The first-order valence-electron chi connectivity index (χ1n) is 4.50. The maximum absolute atomic E-state index is 11.5. The minimum Gasteiger partial charge on any atom is -0.379 e. The molecule has 1 rings (SSSR count). The fraction of sp³-hybridized carbons (Fsp3) is 0.556. The number of anilines is 1. The average molecular weight is 181 g/mol. The lowest BCUT2D eigenvalue weighted by Crippen LogP contribution is -2.18. The zero-order valence-corrected chi connectivity index (χ0v) is 8.05. The predicted octanol–water partition coefficient (Wildman–Crippen LogP) is 1.00. The molecule has 4 heteroatoms. The van der Waals surface area contributed by atoms with Gasteiger partial charge in [-0.15, -0.1) is 0 Å². The number of aryl methyl sites for hydroxylation is 1. The summed E-state index contributed by atoms with van der Waals surface area (Å²) in [6, 6.07) is 0. The van der Waals surface area contributed by atoms with Crippen LogP contribution in [0.25, 0.3) is 0 Å². The minimum absolute atomic E-state index is 0.0664. The highest BCUT2D eigenvalue weighted by molar-refractivity contribution is 5.33. The van der Waals surface area contributed by atoms with Gasteiger partial charge < -0.3 is 5.73 Å². The van der Waals surface area contributed by atoms with Crippen LogP contribution in [0.3, 0.4) is 0 Å². The fourth-order valence-electron chi connectivity index (χ4n) is 1.24. The summed E-state index contributed by atoms with van der Waals surface area (Å²) in [5.74, 6) is 0.0664. The summed E-state index contributed by atoms with van der Waals surface area (Å²) in [5, 5.41) is 6.43. The van der Waals surface area contributed by atoms with Crippen LogP contribution in [0.4, 0.5) is 5.82 Å². The van der Waals surface area contributed by atoms with Gasteiger partial charge in [0.15, 0.2) is 5.82 Å². The summed E-state index contributed by atoms with van der Waals surface area (Å²) >= 11 is 0. The maximum atomic E-state index is 11.5. The SMILES string of the molecule is CCCCc1c(C)[nH]nc(N)c1=O. The molecule has 3 N–H and O–H groups in total. The van der Waals surface area contributed by atoms with Crippen molar-refractivity contribution in [1.29, 1.82) is 0 Å². The van der Waals surface area contributed by atoms with Gasteiger partial charge in [0, 0.05) is 11.3 Å². The van der Waals surface area contributed by atoms with Gasteiger partial charge >= 0.3 is 0 Å². The van der Waals surface area contributed by atoms with Crippen molar-refractivity contribution in [2.45, 2.75) is 33.1 Å². The highest BCUT2D eigenvalue weighted by Crippen LogP contribution is 2.04. The number of nitrogens with one attached hydrogen (secondary N) is 1. The number of H-pyrrole nitrogens is 1. The van der Waals surface area contributed by atoms with Crippen molar-refractivity contribution in [3.63, 3.8) is 0 Å². The molecule has 72 valence electrons. The van der Waals surface area contributed by atoms with Crippen LogP contribution >= 0.6 is 0 Å². The Morgan fingerprint density at radius 2 is 2.23 bits per heavy atom. The topological polar surface area (TPSA) is 71.8 Å². The quantitative estimate of drug-likeness (QED) is 0.730.